The third kappa shape index (κ3) is 25.9. The predicted molar refractivity (Wildman–Crippen MR) is 210 cm³/mol. The van der Waals surface area contributed by atoms with Gasteiger partial charge in [-0.1, -0.05) is 171 Å². The molecule has 1 rings (SSSR count). The van der Waals surface area contributed by atoms with E-state index in [1.807, 2.05) is 24.3 Å². The minimum atomic E-state index is -1.62. The highest BCUT2D eigenvalue weighted by atomic mass is 16.7. The fraction of sp³-hybridized carbons (Fsp3) is 0.721. The molecule has 1 aliphatic heterocycles. The lowest BCUT2D eigenvalue weighted by Gasteiger charge is -2.39. The molecule has 0 aliphatic carbocycles. The van der Waals surface area contributed by atoms with Gasteiger partial charge in [0.2, 0.25) is 0 Å². The van der Waals surface area contributed by atoms with Crippen LogP contribution >= 0.6 is 0 Å². The van der Waals surface area contributed by atoms with Crippen LogP contribution in [0.5, 0.6) is 0 Å². The second-order valence-electron chi connectivity index (χ2n) is 13.9. The highest BCUT2D eigenvalue weighted by molar-refractivity contribution is 5.82. The molecule has 0 radical (unpaired) electrons. The summed E-state index contributed by atoms with van der Waals surface area (Å²) in [5.74, 6) is -1.12. The second-order valence-corrected chi connectivity index (χ2v) is 13.9. The molecule has 0 aromatic carbocycles. The number of carbonyl (C=O) groups excluding carboxylic acids is 2. The van der Waals surface area contributed by atoms with E-state index in [-0.39, 0.29) is 19.6 Å². The van der Waals surface area contributed by atoms with Crippen molar-refractivity contribution in [1.82, 2.24) is 0 Å². The van der Waals surface area contributed by atoms with E-state index in [0.717, 1.165) is 25.7 Å². The van der Waals surface area contributed by atoms with E-state index in [4.69, 9.17) is 18.9 Å². The lowest BCUT2D eigenvalue weighted by Crippen LogP contribution is -2.59. The standard InChI is InChI=1S/C43H72O10/c1-3-5-7-9-11-13-15-16-17-18-19-20-22-24-26-28-30-32-39(46)52-36(35-51-43-42(49)41(48)40(47)37(33-44)53-43)34-50-38(45)31-29-27-25-23-21-14-12-10-8-6-4-2/h17-20,22,24,26,28,30,32,36-37,40-44,47-49H,3-16,21,23,25,27,29,31,33-35H2,1-2H3/b18-17+,20-19+,24-22+,28-26+,32-30+/t36-,37-,40+,41+,42-,43-/m1/s1. The summed E-state index contributed by atoms with van der Waals surface area (Å²) in [5.41, 5.74) is 0. The van der Waals surface area contributed by atoms with Crippen LogP contribution in [0.4, 0.5) is 0 Å². The van der Waals surface area contributed by atoms with Crippen molar-refractivity contribution in [2.75, 3.05) is 19.8 Å². The van der Waals surface area contributed by atoms with Gasteiger partial charge in [-0.25, -0.2) is 4.79 Å². The largest absolute Gasteiger partial charge is 0.462 e. The smallest absolute Gasteiger partial charge is 0.331 e. The Morgan fingerprint density at radius 1 is 0.623 bits per heavy atom. The van der Waals surface area contributed by atoms with E-state index in [1.165, 1.54) is 102 Å². The Balaban J connectivity index is 2.50. The van der Waals surface area contributed by atoms with Crippen LogP contribution in [0.1, 0.15) is 142 Å². The van der Waals surface area contributed by atoms with Gasteiger partial charge in [0, 0.05) is 12.5 Å². The molecule has 304 valence electrons. The lowest BCUT2D eigenvalue weighted by atomic mass is 9.99. The molecule has 1 saturated heterocycles. The van der Waals surface area contributed by atoms with Gasteiger partial charge in [0.25, 0.3) is 0 Å². The third-order valence-corrected chi connectivity index (χ3v) is 9.11. The highest BCUT2D eigenvalue weighted by Gasteiger charge is 2.44. The minimum Gasteiger partial charge on any atom is -0.462 e. The molecule has 1 aliphatic rings. The monoisotopic (exact) mass is 749 g/mol. The number of carbonyl (C=O) groups is 2. The Hall–Kier alpha value is -2.60. The number of esters is 2. The van der Waals surface area contributed by atoms with Gasteiger partial charge in [0.05, 0.1) is 13.2 Å². The molecule has 0 aromatic heterocycles. The normalized spacial score (nSPS) is 21.5. The van der Waals surface area contributed by atoms with Gasteiger partial charge in [0.1, 0.15) is 31.0 Å². The van der Waals surface area contributed by atoms with Gasteiger partial charge in [-0.05, 0) is 19.3 Å². The van der Waals surface area contributed by atoms with E-state index >= 15 is 0 Å². The molecule has 0 spiro atoms. The first kappa shape index (κ1) is 48.4. The summed E-state index contributed by atoms with van der Waals surface area (Å²) in [6.07, 6.45) is 33.0. The summed E-state index contributed by atoms with van der Waals surface area (Å²) in [4.78, 5) is 25.1. The topological polar surface area (TPSA) is 152 Å². The molecule has 0 unspecified atom stereocenters. The molecule has 53 heavy (non-hydrogen) atoms. The molecular weight excluding hydrogens is 676 g/mol. The fourth-order valence-electron chi connectivity index (χ4n) is 5.83. The quantitative estimate of drug-likeness (QED) is 0.0231. The maximum Gasteiger partial charge on any atom is 0.331 e. The van der Waals surface area contributed by atoms with Crippen molar-refractivity contribution < 1.29 is 49.0 Å². The lowest BCUT2D eigenvalue weighted by molar-refractivity contribution is -0.305. The van der Waals surface area contributed by atoms with E-state index in [0.29, 0.717) is 6.42 Å². The summed E-state index contributed by atoms with van der Waals surface area (Å²) >= 11 is 0. The van der Waals surface area contributed by atoms with Crippen LogP contribution in [0.15, 0.2) is 60.8 Å². The SMILES string of the molecule is CCCCCCCCC/C=C/C=C/C=C/C=C/C=C/C(=O)O[C@H](COC(=O)CCCCCCCCCCCCC)CO[C@@H]1O[C@H](CO)[C@H](O)[C@H](O)[C@H]1O. The van der Waals surface area contributed by atoms with Crippen LogP contribution in [0.2, 0.25) is 0 Å². The van der Waals surface area contributed by atoms with Crippen molar-refractivity contribution >= 4 is 11.9 Å². The number of hydrogen-bond acceptors (Lipinski definition) is 10. The summed E-state index contributed by atoms with van der Waals surface area (Å²) in [6.45, 7) is 3.22. The van der Waals surface area contributed by atoms with E-state index in [2.05, 4.69) is 26.0 Å². The number of ether oxygens (including phenoxy) is 4. The first-order valence-electron chi connectivity index (χ1n) is 20.5. The number of allylic oxidation sites excluding steroid dienone is 9. The first-order chi connectivity index (χ1) is 25.8. The van der Waals surface area contributed by atoms with Gasteiger partial charge < -0.3 is 39.4 Å². The number of aliphatic hydroxyl groups excluding tert-OH is 4. The number of unbranched alkanes of at least 4 members (excludes halogenated alkanes) is 17. The zero-order valence-corrected chi connectivity index (χ0v) is 32.7. The molecule has 0 aromatic rings. The molecule has 10 nitrogen and oxygen atoms in total. The third-order valence-electron chi connectivity index (χ3n) is 9.11. The Kier molecular flexibility index (Phi) is 31.0. The maximum atomic E-state index is 12.6. The van der Waals surface area contributed by atoms with Crippen molar-refractivity contribution in [3.05, 3.63) is 60.8 Å². The molecule has 1 heterocycles. The molecule has 10 heteroatoms. The fourth-order valence-corrected chi connectivity index (χ4v) is 5.83. The second kappa shape index (κ2) is 33.9. The van der Waals surface area contributed by atoms with Crippen LogP contribution < -0.4 is 0 Å². The highest BCUT2D eigenvalue weighted by Crippen LogP contribution is 2.22. The van der Waals surface area contributed by atoms with Gasteiger partial charge in [0.15, 0.2) is 12.4 Å². The molecule has 6 atom stereocenters. The number of hydrogen-bond donors (Lipinski definition) is 4. The Labute approximate surface area is 320 Å². The summed E-state index contributed by atoms with van der Waals surface area (Å²) < 4.78 is 21.8. The number of rotatable bonds is 32. The average Bonchev–Trinajstić information content (AvgIpc) is 3.15. The summed E-state index contributed by atoms with van der Waals surface area (Å²) in [6, 6.07) is 0. The van der Waals surface area contributed by atoms with Gasteiger partial charge in [-0.15, -0.1) is 0 Å². The molecule has 4 N–H and O–H groups in total. The number of aliphatic hydroxyl groups is 4. The van der Waals surface area contributed by atoms with E-state index in [1.54, 1.807) is 12.2 Å². The Bertz CT molecular complexity index is 1050. The van der Waals surface area contributed by atoms with Crippen molar-refractivity contribution in [1.29, 1.82) is 0 Å². The molecule has 0 saturated carbocycles. The molecule has 0 amide bonds. The van der Waals surface area contributed by atoms with Crippen molar-refractivity contribution in [2.24, 2.45) is 0 Å². The van der Waals surface area contributed by atoms with Crippen LogP contribution in [0.3, 0.4) is 0 Å². The van der Waals surface area contributed by atoms with Crippen LogP contribution in [0.25, 0.3) is 0 Å². The summed E-state index contributed by atoms with van der Waals surface area (Å²) in [7, 11) is 0. The minimum absolute atomic E-state index is 0.244. The van der Waals surface area contributed by atoms with Gasteiger partial charge in [-0.2, -0.15) is 0 Å². The van der Waals surface area contributed by atoms with E-state index in [9.17, 15) is 30.0 Å². The maximum absolute atomic E-state index is 12.6. The Morgan fingerprint density at radius 2 is 1.13 bits per heavy atom. The van der Waals surface area contributed by atoms with Crippen molar-refractivity contribution in [3.8, 4) is 0 Å². The Morgan fingerprint density at radius 3 is 1.70 bits per heavy atom. The van der Waals surface area contributed by atoms with Crippen LogP contribution in [-0.2, 0) is 28.5 Å². The zero-order chi connectivity index (χ0) is 38.8. The van der Waals surface area contributed by atoms with Crippen molar-refractivity contribution in [2.45, 2.75) is 179 Å². The van der Waals surface area contributed by atoms with E-state index < -0.39 is 55.4 Å². The molecule has 1 fully saturated rings. The van der Waals surface area contributed by atoms with Gasteiger partial charge in [-0.3, -0.25) is 4.79 Å². The van der Waals surface area contributed by atoms with Gasteiger partial charge >= 0.3 is 11.9 Å². The zero-order valence-electron chi connectivity index (χ0n) is 32.7. The average molecular weight is 749 g/mol. The van der Waals surface area contributed by atoms with Crippen molar-refractivity contribution in [3.63, 3.8) is 0 Å². The first-order valence-corrected chi connectivity index (χ1v) is 20.5. The predicted octanol–water partition coefficient (Wildman–Crippen LogP) is 7.88. The van der Waals surface area contributed by atoms with Crippen LogP contribution in [-0.4, -0.2) is 89.0 Å². The summed E-state index contributed by atoms with van der Waals surface area (Å²) in [5, 5.41) is 39.9. The van der Waals surface area contributed by atoms with Crippen LogP contribution in [0, 0.1) is 0 Å². The molecular formula is C43H72O10. The molecule has 0 bridgehead atoms.